The molecule has 0 saturated heterocycles. The number of aromatic amines is 3. The summed E-state index contributed by atoms with van der Waals surface area (Å²) in [6.07, 6.45) is 3.98. The number of methoxy groups -OCH3 is 9. The molecule has 4 aromatic heterocycles. The SMILES string of the molecule is COc1cc(OC)c(-c2c3nc(c4ccc([nH]4)c(-c4cc(OC)c(OC)cc4OC)c4ccc([nH]4)c(-c4cc(OC)c(OC)cc4OC)c4ccc2[nH]4)C=C3)cc1OC. The minimum atomic E-state index is 0.526. The lowest BCUT2D eigenvalue weighted by Crippen LogP contribution is -1.96. The Kier molecular flexibility index (Phi) is 10.3. The average molecular weight is 797 g/mol. The molecular formula is C46H44N4O9. The van der Waals surface area contributed by atoms with Crippen molar-refractivity contribution in [3.63, 3.8) is 0 Å². The summed E-state index contributed by atoms with van der Waals surface area (Å²) in [4.78, 5) is 16.4. The zero-order chi connectivity index (χ0) is 41.4. The Labute approximate surface area is 340 Å². The molecule has 1 aliphatic heterocycles. The molecule has 3 aromatic carbocycles. The molecular weight excluding hydrogens is 753 g/mol. The van der Waals surface area contributed by atoms with Gasteiger partial charge in [0, 0.05) is 79.2 Å². The fourth-order valence-corrected chi connectivity index (χ4v) is 7.68. The van der Waals surface area contributed by atoms with Crippen LogP contribution in [0.5, 0.6) is 51.7 Å². The third kappa shape index (κ3) is 6.59. The molecule has 8 bridgehead atoms. The Morgan fingerprint density at radius 1 is 0.305 bits per heavy atom. The van der Waals surface area contributed by atoms with Crippen molar-refractivity contribution in [2.24, 2.45) is 0 Å². The largest absolute Gasteiger partial charge is 0.496 e. The Balaban J connectivity index is 1.58. The number of nitrogens with zero attached hydrogens (tertiary/aromatic N) is 1. The van der Waals surface area contributed by atoms with Crippen molar-refractivity contribution < 1.29 is 42.6 Å². The van der Waals surface area contributed by atoms with Crippen molar-refractivity contribution in [1.82, 2.24) is 19.9 Å². The first-order chi connectivity index (χ1) is 28.8. The molecule has 0 saturated carbocycles. The quantitative estimate of drug-likeness (QED) is 0.109. The second-order valence-electron chi connectivity index (χ2n) is 13.4. The van der Waals surface area contributed by atoms with Gasteiger partial charge in [-0.2, -0.15) is 0 Å². The first-order valence-electron chi connectivity index (χ1n) is 18.6. The van der Waals surface area contributed by atoms with Gasteiger partial charge in [-0.3, -0.25) is 0 Å². The average Bonchev–Trinajstić information content (AvgIpc) is 4.12. The standard InChI is InChI=1S/C46H44N4O9/c1-51-35-21-41(57-7)38(54-4)18-24(35)44-29-12-10-27(47-29)28-11-13-30(48-28)45(25-19-39(55-5)42(58-8)22-36(25)52-2)32-15-17-34(50-32)46(33-16-14-31(44)49-33)26-20-40(56-6)43(59-9)23-37(26)53-3/h10-23,47,49-50H,1-9H3. The van der Waals surface area contributed by atoms with E-state index in [1.165, 1.54) is 0 Å². The van der Waals surface area contributed by atoms with Crippen LogP contribution in [-0.4, -0.2) is 83.9 Å². The molecule has 0 unspecified atom stereocenters. The van der Waals surface area contributed by atoms with E-state index >= 15 is 0 Å². The monoisotopic (exact) mass is 796 g/mol. The third-order valence-corrected chi connectivity index (χ3v) is 10.5. The predicted molar refractivity (Wildman–Crippen MR) is 230 cm³/mol. The van der Waals surface area contributed by atoms with E-state index in [1.54, 1.807) is 64.0 Å². The lowest BCUT2D eigenvalue weighted by atomic mass is 10.0. The van der Waals surface area contributed by atoms with Gasteiger partial charge in [-0.25, -0.2) is 4.98 Å². The highest BCUT2D eigenvalue weighted by atomic mass is 16.5. The summed E-state index contributed by atoms with van der Waals surface area (Å²) >= 11 is 0. The zero-order valence-corrected chi connectivity index (χ0v) is 34.2. The number of benzene rings is 3. The van der Waals surface area contributed by atoms with Crippen molar-refractivity contribution >= 4 is 45.3 Å². The number of ether oxygens (including phenoxy) is 9. The maximum absolute atomic E-state index is 6.04. The Bertz CT molecular complexity index is 2890. The second-order valence-corrected chi connectivity index (χ2v) is 13.4. The van der Waals surface area contributed by atoms with E-state index < -0.39 is 0 Å². The van der Waals surface area contributed by atoms with Crippen molar-refractivity contribution in [1.29, 1.82) is 0 Å². The fraction of sp³-hybridized carbons (Fsp3) is 0.196. The van der Waals surface area contributed by atoms with Crippen LogP contribution in [0.2, 0.25) is 0 Å². The zero-order valence-electron chi connectivity index (χ0n) is 34.2. The van der Waals surface area contributed by atoms with E-state index in [-0.39, 0.29) is 0 Å². The number of aromatic nitrogens is 4. The molecule has 0 fully saturated rings. The second kappa shape index (κ2) is 15.9. The molecule has 0 aliphatic carbocycles. The Hall–Kier alpha value is -7.41. The van der Waals surface area contributed by atoms with Crippen LogP contribution >= 0.6 is 0 Å². The highest BCUT2D eigenvalue weighted by Crippen LogP contribution is 2.47. The lowest BCUT2D eigenvalue weighted by Gasteiger charge is -2.15. The molecule has 302 valence electrons. The van der Waals surface area contributed by atoms with Crippen LogP contribution in [0.15, 0.2) is 72.8 Å². The van der Waals surface area contributed by atoms with Crippen LogP contribution in [0, 0.1) is 0 Å². The van der Waals surface area contributed by atoms with Gasteiger partial charge in [0.1, 0.15) is 17.2 Å². The number of fused-ring (bicyclic) bond motifs is 9. The summed E-state index contributed by atoms with van der Waals surface area (Å²) in [5, 5.41) is 0. The van der Waals surface area contributed by atoms with Crippen molar-refractivity contribution in [3.8, 4) is 85.1 Å². The Morgan fingerprint density at radius 2 is 0.576 bits per heavy atom. The van der Waals surface area contributed by atoms with Gasteiger partial charge in [-0.1, -0.05) is 0 Å². The van der Waals surface area contributed by atoms with E-state index in [4.69, 9.17) is 47.6 Å². The molecule has 13 nitrogen and oxygen atoms in total. The van der Waals surface area contributed by atoms with Gasteiger partial charge in [0.15, 0.2) is 34.5 Å². The normalized spacial score (nSPS) is 11.4. The predicted octanol–water partition coefficient (Wildman–Crippen LogP) is 9.77. The molecule has 1 aliphatic rings. The number of hydrogen-bond donors (Lipinski definition) is 3. The molecule has 5 heterocycles. The summed E-state index contributed by atoms with van der Waals surface area (Å²) in [6.45, 7) is 0. The van der Waals surface area contributed by atoms with Crippen LogP contribution in [0.3, 0.4) is 0 Å². The van der Waals surface area contributed by atoms with Crippen molar-refractivity contribution in [2.75, 3.05) is 64.0 Å². The summed E-state index contributed by atoms with van der Waals surface area (Å²) in [7, 11) is 14.5. The molecule has 0 spiro atoms. The highest BCUT2D eigenvalue weighted by molar-refractivity contribution is 6.03. The molecule has 13 heteroatoms. The number of rotatable bonds is 12. The lowest BCUT2D eigenvalue weighted by molar-refractivity contribution is 0.349. The molecule has 0 radical (unpaired) electrons. The minimum Gasteiger partial charge on any atom is -0.496 e. The van der Waals surface area contributed by atoms with E-state index in [0.29, 0.717) is 57.4 Å². The minimum absolute atomic E-state index is 0.526. The van der Waals surface area contributed by atoms with Crippen LogP contribution in [0.1, 0.15) is 11.4 Å². The topological polar surface area (TPSA) is 143 Å². The number of H-pyrrole nitrogens is 3. The van der Waals surface area contributed by atoms with Crippen LogP contribution in [-0.2, 0) is 0 Å². The van der Waals surface area contributed by atoms with Crippen LogP contribution < -0.4 is 42.6 Å². The van der Waals surface area contributed by atoms with Crippen molar-refractivity contribution in [3.05, 3.63) is 84.2 Å². The smallest absolute Gasteiger partial charge is 0.164 e. The van der Waals surface area contributed by atoms with Crippen LogP contribution in [0.4, 0.5) is 0 Å². The van der Waals surface area contributed by atoms with Gasteiger partial charge in [0.05, 0.1) is 80.9 Å². The molecule has 7 aromatic rings. The molecule has 0 atom stereocenters. The van der Waals surface area contributed by atoms with Gasteiger partial charge >= 0.3 is 0 Å². The van der Waals surface area contributed by atoms with Gasteiger partial charge in [0.25, 0.3) is 0 Å². The van der Waals surface area contributed by atoms with Crippen LogP contribution in [0.25, 0.3) is 78.6 Å². The summed E-state index contributed by atoms with van der Waals surface area (Å²) in [5.74, 6) is 4.93. The maximum Gasteiger partial charge on any atom is 0.164 e. The first-order valence-corrected chi connectivity index (χ1v) is 18.6. The Morgan fingerprint density at radius 3 is 0.932 bits per heavy atom. The number of nitrogens with one attached hydrogen (secondary N) is 3. The fourth-order valence-electron chi connectivity index (χ4n) is 7.68. The van der Waals surface area contributed by atoms with E-state index in [1.807, 2.05) is 84.9 Å². The third-order valence-electron chi connectivity index (χ3n) is 10.5. The van der Waals surface area contributed by atoms with Crippen molar-refractivity contribution in [2.45, 2.75) is 0 Å². The van der Waals surface area contributed by atoms with E-state index in [9.17, 15) is 0 Å². The maximum atomic E-state index is 6.04. The first kappa shape index (κ1) is 38.5. The van der Waals surface area contributed by atoms with Gasteiger partial charge < -0.3 is 57.6 Å². The molecule has 8 rings (SSSR count). The van der Waals surface area contributed by atoms with E-state index in [0.717, 1.165) is 72.2 Å². The summed E-state index contributed by atoms with van der Waals surface area (Å²) in [5.41, 5.74) is 10.7. The molecule has 59 heavy (non-hydrogen) atoms. The molecule has 3 N–H and O–H groups in total. The summed E-state index contributed by atoms with van der Waals surface area (Å²) in [6, 6.07) is 23.4. The number of hydrogen-bond acceptors (Lipinski definition) is 10. The van der Waals surface area contributed by atoms with Gasteiger partial charge in [-0.05, 0) is 66.7 Å². The van der Waals surface area contributed by atoms with Gasteiger partial charge in [-0.15, -0.1) is 0 Å². The molecule has 0 amide bonds. The highest BCUT2D eigenvalue weighted by Gasteiger charge is 2.23. The van der Waals surface area contributed by atoms with E-state index in [2.05, 4.69) is 15.0 Å². The summed E-state index contributed by atoms with van der Waals surface area (Å²) < 4.78 is 52.4. The van der Waals surface area contributed by atoms with Gasteiger partial charge in [0.2, 0.25) is 0 Å².